The maximum atomic E-state index is 12.7. The number of nitrogens with one attached hydrogen (secondary N) is 1. The Morgan fingerprint density at radius 2 is 2.04 bits per heavy atom. The van der Waals surface area contributed by atoms with E-state index in [-0.39, 0.29) is 11.2 Å². The maximum absolute atomic E-state index is 12.7. The molecule has 2 aromatic carbocycles. The van der Waals surface area contributed by atoms with Gasteiger partial charge < -0.3 is 5.32 Å². The minimum Gasteiger partial charge on any atom is -0.325 e. The van der Waals surface area contributed by atoms with Crippen molar-refractivity contribution in [1.82, 2.24) is 20.2 Å². The molecule has 0 radical (unpaired) electrons. The van der Waals surface area contributed by atoms with Crippen molar-refractivity contribution in [3.05, 3.63) is 54.1 Å². The van der Waals surface area contributed by atoms with Crippen molar-refractivity contribution in [1.29, 1.82) is 0 Å². The van der Waals surface area contributed by atoms with Gasteiger partial charge in [-0.1, -0.05) is 30.3 Å². The largest absolute Gasteiger partial charge is 0.325 e. The van der Waals surface area contributed by atoms with Gasteiger partial charge in [0.15, 0.2) is 5.82 Å². The monoisotopic (exact) mass is 363 g/mol. The molecular weight excluding hydrogens is 346 g/mol. The first kappa shape index (κ1) is 15.6. The van der Waals surface area contributed by atoms with E-state index in [1.54, 1.807) is 11.8 Å². The molecular formula is C19H17N5OS. The van der Waals surface area contributed by atoms with Crippen molar-refractivity contribution >= 4 is 23.4 Å². The maximum Gasteiger partial charge on any atom is 0.238 e. The summed E-state index contributed by atoms with van der Waals surface area (Å²) in [5, 5.41) is 15.0. The van der Waals surface area contributed by atoms with Gasteiger partial charge >= 0.3 is 0 Å². The van der Waals surface area contributed by atoms with Crippen molar-refractivity contribution in [2.24, 2.45) is 0 Å². The second-order valence-electron chi connectivity index (χ2n) is 6.67. The second-order valence-corrected chi connectivity index (χ2v) is 7.91. The zero-order valence-electron chi connectivity index (χ0n) is 14.0. The number of aromatic nitrogens is 4. The van der Waals surface area contributed by atoms with Crippen LogP contribution < -0.4 is 5.32 Å². The van der Waals surface area contributed by atoms with Crippen LogP contribution >= 0.6 is 11.8 Å². The van der Waals surface area contributed by atoms with Gasteiger partial charge in [0.25, 0.3) is 0 Å². The molecule has 3 aromatic rings. The molecule has 1 amide bonds. The Hall–Kier alpha value is -2.67. The van der Waals surface area contributed by atoms with Crippen LogP contribution in [0.3, 0.4) is 0 Å². The lowest BCUT2D eigenvalue weighted by Crippen LogP contribution is -2.24. The van der Waals surface area contributed by atoms with Gasteiger partial charge in [-0.3, -0.25) is 4.79 Å². The van der Waals surface area contributed by atoms with Gasteiger partial charge in [-0.15, -0.1) is 16.9 Å². The number of rotatable bonds is 4. The first-order valence-electron chi connectivity index (χ1n) is 8.72. The standard InChI is InChI=1S/C19H17N5OS/c25-19(17-11-12-4-1-2-7-16(12)26-17)20-14-6-3-5-13(10-14)18-21-22-23-24(18)15-8-9-15/h1-7,10,15,17H,8-9,11H2,(H,20,25)/t17-/m1/s1. The Labute approximate surface area is 155 Å². The third-order valence-corrected chi connectivity index (χ3v) is 6.03. The molecule has 6 nitrogen and oxygen atoms in total. The lowest BCUT2D eigenvalue weighted by atomic mass is 10.1. The lowest BCUT2D eigenvalue weighted by molar-refractivity contribution is -0.115. The van der Waals surface area contributed by atoms with E-state index >= 15 is 0 Å². The van der Waals surface area contributed by atoms with Crippen LogP contribution in [0.4, 0.5) is 5.69 Å². The molecule has 0 bridgehead atoms. The first-order chi connectivity index (χ1) is 12.8. The van der Waals surface area contributed by atoms with Crippen molar-refractivity contribution in [3.63, 3.8) is 0 Å². The van der Waals surface area contributed by atoms with E-state index < -0.39 is 0 Å². The van der Waals surface area contributed by atoms with Crippen molar-refractivity contribution in [3.8, 4) is 11.4 Å². The molecule has 1 saturated carbocycles. The predicted molar refractivity (Wildman–Crippen MR) is 99.9 cm³/mol. The third kappa shape index (κ3) is 2.88. The summed E-state index contributed by atoms with van der Waals surface area (Å²) in [4.78, 5) is 13.9. The molecule has 1 N–H and O–H groups in total. The number of fused-ring (bicyclic) bond motifs is 1. The number of anilines is 1. The summed E-state index contributed by atoms with van der Waals surface area (Å²) in [6.45, 7) is 0. The Bertz CT molecular complexity index is 956. The van der Waals surface area contributed by atoms with E-state index in [0.717, 1.165) is 36.3 Å². The van der Waals surface area contributed by atoms with Gasteiger partial charge in [0.05, 0.1) is 11.3 Å². The smallest absolute Gasteiger partial charge is 0.238 e. The number of thioether (sulfide) groups is 1. The summed E-state index contributed by atoms with van der Waals surface area (Å²) in [6.07, 6.45) is 3.01. The molecule has 0 saturated heterocycles. The number of carbonyl (C=O) groups excluding carboxylic acids is 1. The Morgan fingerprint density at radius 1 is 1.15 bits per heavy atom. The average Bonchev–Trinajstić information content (AvgIpc) is 3.22. The number of hydrogen-bond donors (Lipinski definition) is 1. The molecule has 1 fully saturated rings. The minimum atomic E-state index is -0.0900. The summed E-state index contributed by atoms with van der Waals surface area (Å²) < 4.78 is 1.88. The van der Waals surface area contributed by atoms with Crippen LogP contribution in [-0.2, 0) is 11.2 Å². The van der Waals surface area contributed by atoms with Crippen LogP contribution in [0, 0.1) is 0 Å². The zero-order chi connectivity index (χ0) is 17.5. The van der Waals surface area contributed by atoms with E-state index in [0.29, 0.717) is 6.04 Å². The summed E-state index contributed by atoms with van der Waals surface area (Å²) in [7, 11) is 0. The fourth-order valence-electron chi connectivity index (χ4n) is 3.24. The van der Waals surface area contributed by atoms with Crippen LogP contribution in [0.1, 0.15) is 24.4 Å². The molecule has 1 atom stereocenters. The second kappa shape index (κ2) is 6.25. The number of carbonyl (C=O) groups is 1. The summed E-state index contributed by atoms with van der Waals surface area (Å²) >= 11 is 1.63. The highest BCUT2D eigenvalue weighted by Gasteiger charge is 2.29. The van der Waals surface area contributed by atoms with E-state index in [4.69, 9.17) is 0 Å². The van der Waals surface area contributed by atoms with Gasteiger partial charge in [-0.2, -0.15) is 0 Å². The lowest BCUT2D eigenvalue weighted by Gasteiger charge is -2.11. The summed E-state index contributed by atoms with van der Waals surface area (Å²) in [5.74, 6) is 0.788. The first-order valence-corrected chi connectivity index (χ1v) is 9.59. The highest BCUT2D eigenvalue weighted by Crippen LogP contribution is 2.38. The van der Waals surface area contributed by atoms with Crippen molar-refractivity contribution < 1.29 is 4.79 Å². The average molecular weight is 363 g/mol. The minimum absolute atomic E-state index is 0.0325. The molecule has 26 heavy (non-hydrogen) atoms. The van der Waals surface area contributed by atoms with E-state index in [1.165, 1.54) is 10.5 Å². The Balaban J connectivity index is 1.34. The Kier molecular flexibility index (Phi) is 3.74. The van der Waals surface area contributed by atoms with Crippen molar-refractivity contribution in [2.75, 3.05) is 5.32 Å². The zero-order valence-corrected chi connectivity index (χ0v) is 14.8. The molecule has 1 aromatic heterocycles. The molecule has 2 aliphatic rings. The Morgan fingerprint density at radius 3 is 2.88 bits per heavy atom. The van der Waals surface area contributed by atoms with E-state index in [2.05, 4.69) is 33.0 Å². The summed E-state index contributed by atoms with van der Waals surface area (Å²) in [5.41, 5.74) is 2.94. The predicted octanol–water partition coefficient (Wildman–Crippen LogP) is 3.33. The highest BCUT2D eigenvalue weighted by atomic mass is 32.2. The van der Waals surface area contributed by atoms with Crippen LogP contribution in [0.15, 0.2) is 53.4 Å². The van der Waals surface area contributed by atoms with Gasteiger partial charge in [0, 0.05) is 16.1 Å². The van der Waals surface area contributed by atoms with Gasteiger partial charge in [0.1, 0.15) is 0 Å². The fourth-order valence-corrected chi connectivity index (χ4v) is 4.43. The molecule has 0 spiro atoms. The third-order valence-electron chi connectivity index (χ3n) is 4.71. The quantitative estimate of drug-likeness (QED) is 0.770. The normalized spacial score (nSPS) is 18.5. The number of nitrogens with zero attached hydrogens (tertiary/aromatic N) is 4. The fraction of sp³-hybridized carbons (Fsp3) is 0.263. The van der Waals surface area contributed by atoms with Gasteiger partial charge in [0.2, 0.25) is 5.91 Å². The van der Waals surface area contributed by atoms with Gasteiger partial charge in [-0.05, 0) is 53.5 Å². The highest BCUT2D eigenvalue weighted by molar-refractivity contribution is 8.01. The van der Waals surface area contributed by atoms with Gasteiger partial charge in [-0.25, -0.2) is 4.68 Å². The van der Waals surface area contributed by atoms with E-state index in [9.17, 15) is 4.79 Å². The molecule has 130 valence electrons. The molecule has 0 unspecified atom stereocenters. The van der Waals surface area contributed by atoms with Crippen molar-refractivity contribution in [2.45, 2.75) is 35.4 Å². The van der Waals surface area contributed by atoms with Crippen LogP contribution in [-0.4, -0.2) is 31.4 Å². The van der Waals surface area contributed by atoms with Crippen LogP contribution in [0.2, 0.25) is 0 Å². The number of tetrazole rings is 1. The molecule has 5 rings (SSSR count). The van der Waals surface area contributed by atoms with Crippen LogP contribution in [0.25, 0.3) is 11.4 Å². The molecule has 1 aliphatic carbocycles. The van der Waals surface area contributed by atoms with Crippen LogP contribution in [0.5, 0.6) is 0 Å². The molecule has 7 heteroatoms. The number of benzene rings is 2. The SMILES string of the molecule is O=C(Nc1cccc(-c2nnnn2C2CC2)c1)[C@H]1Cc2ccccc2S1. The summed E-state index contributed by atoms with van der Waals surface area (Å²) in [6, 6.07) is 16.3. The molecule has 2 heterocycles. The number of hydrogen-bond acceptors (Lipinski definition) is 5. The molecule has 1 aliphatic heterocycles. The topological polar surface area (TPSA) is 72.7 Å². The number of amides is 1. The van der Waals surface area contributed by atoms with E-state index in [1.807, 2.05) is 41.1 Å².